The van der Waals surface area contributed by atoms with Gasteiger partial charge in [0.05, 0.1) is 33.4 Å². The third-order valence-electron chi connectivity index (χ3n) is 6.70. The number of halogens is 3. The molecule has 3 N–H and O–H groups in total. The van der Waals surface area contributed by atoms with E-state index in [-0.39, 0.29) is 34.3 Å². The highest BCUT2D eigenvalue weighted by atomic mass is 35.5. The number of allylic oxidation sites excluding steroid dienone is 3. The van der Waals surface area contributed by atoms with E-state index in [0.717, 1.165) is 0 Å². The summed E-state index contributed by atoms with van der Waals surface area (Å²) in [5.74, 6) is -1.30. The average Bonchev–Trinajstić information content (AvgIpc) is 3.37. The van der Waals surface area contributed by atoms with Gasteiger partial charge in [-0.05, 0) is 53.8 Å². The number of carbonyl (C=O) groups excluding carboxylic acids is 2. The summed E-state index contributed by atoms with van der Waals surface area (Å²) in [5.41, 5.74) is 8.72. The molecule has 41 heavy (non-hydrogen) atoms. The molecular formula is C28H23Cl2FN6O2S2. The number of anilines is 2. The molecule has 0 radical (unpaired) electrons. The van der Waals surface area contributed by atoms with Crippen molar-refractivity contribution in [3.63, 3.8) is 0 Å². The highest BCUT2D eigenvalue weighted by molar-refractivity contribution is 8.01. The number of nitrogens with two attached hydrogens (primary N) is 1. The lowest BCUT2D eigenvalue weighted by molar-refractivity contribution is -0.118. The van der Waals surface area contributed by atoms with Crippen LogP contribution in [0.3, 0.4) is 0 Å². The molecular weight excluding hydrogens is 606 g/mol. The first-order chi connectivity index (χ1) is 19.5. The number of hydrogen-bond donors (Lipinski definition) is 2. The Kier molecular flexibility index (Phi) is 8.12. The van der Waals surface area contributed by atoms with Crippen molar-refractivity contribution in [1.29, 1.82) is 5.26 Å². The van der Waals surface area contributed by atoms with E-state index in [2.05, 4.69) is 21.6 Å². The standard InChI is InChI=1S/C28H23Cl2FN6O2S2/c1-28(2)10-20-24(21(38)11-28)23(14-3-8-18(29)19(30)9-14)17(12-32)25(33)37(20)26-35-36-27(41-26)40-13-22(39)34-16-6-4-15(31)5-7-16/h3-9,23H,10-11,13,33H2,1-2H3,(H,34,39). The van der Waals surface area contributed by atoms with Crippen molar-refractivity contribution >= 4 is 68.8 Å². The second-order valence-corrected chi connectivity index (χ2v) is 13.3. The number of nitrogens with one attached hydrogen (secondary N) is 1. The van der Waals surface area contributed by atoms with E-state index < -0.39 is 11.7 Å². The van der Waals surface area contributed by atoms with Crippen molar-refractivity contribution < 1.29 is 14.0 Å². The number of Topliss-reactive ketones (excluding diaryl/α,β-unsaturated/α-hetero) is 1. The van der Waals surface area contributed by atoms with Crippen molar-refractivity contribution in [2.75, 3.05) is 16.0 Å². The number of rotatable bonds is 6. The Morgan fingerprint density at radius 2 is 1.95 bits per heavy atom. The van der Waals surface area contributed by atoms with Crippen molar-refractivity contribution in [3.05, 3.63) is 86.6 Å². The summed E-state index contributed by atoms with van der Waals surface area (Å²) in [4.78, 5) is 27.7. The summed E-state index contributed by atoms with van der Waals surface area (Å²) in [6, 6.07) is 12.7. The number of aromatic nitrogens is 2. The summed E-state index contributed by atoms with van der Waals surface area (Å²) in [6.45, 7) is 4.00. The molecule has 0 bridgehead atoms. The first kappa shape index (κ1) is 29.1. The summed E-state index contributed by atoms with van der Waals surface area (Å²) >= 11 is 14.8. The molecule has 1 aliphatic heterocycles. The smallest absolute Gasteiger partial charge is 0.234 e. The molecule has 2 aromatic carbocycles. The van der Waals surface area contributed by atoms with Gasteiger partial charge in [-0.2, -0.15) is 5.26 Å². The fraction of sp³-hybridized carbons (Fsp3) is 0.250. The van der Waals surface area contributed by atoms with Gasteiger partial charge >= 0.3 is 0 Å². The number of nitrogens with zero attached hydrogens (tertiary/aromatic N) is 4. The second kappa shape index (κ2) is 11.4. The molecule has 2 heterocycles. The lowest BCUT2D eigenvalue weighted by atomic mass is 9.69. The Morgan fingerprint density at radius 1 is 1.22 bits per heavy atom. The maximum absolute atomic E-state index is 13.7. The first-order valence-corrected chi connectivity index (χ1v) is 15.0. The van der Waals surface area contributed by atoms with Crippen molar-refractivity contribution in [2.45, 2.75) is 36.9 Å². The normalized spacial score (nSPS) is 18.3. The molecule has 1 aliphatic carbocycles. The Morgan fingerprint density at radius 3 is 2.63 bits per heavy atom. The van der Waals surface area contributed by atoms with Gasteiger partial charge in [0.1, 0.15) is 11.6 Å². The third kappa shape index (κ3) is 5.97. The quantitative estimate of drug-likeness (QED) is 0.290. The Labute approximate surface area is 254 Å². The van der Waals surface area contributed by atoms with Crippen LogP contribution >= 0.6 is 46.3 Å². The van der Waals surface area contributed by atoms with E-state index >= 15 is 0 Å². The highest BCUT2D eigenvalue weighted by Crippen LogP contribution is 2.51. The molecule has 210 valence electrons. The monoisotopic (exact) mass is 628 g/mol. The SMILES string of the molecule is CC1(C)CC(=O)C2=C(C1)N(c1nnc(SCC(=O)Nc3ccc(F)cc3)s1)C(N)=C(C#N)C2c1ccc(Cl)c(Cl)c1. The molecule has 0 fully saturated rings. The van der Waals surface area contributed by atoms with Crippen LogP contribution in [0.15, 0.2) is 69.5 Å². The molecule has 0 saturated carbocycles. The highest BCUT2D eigenvalue weighted by Gasteiger charge is 2.45. The van der Waals surface area contributed by atoms with E-state index in [1.54, 1.807) is 23.1 Å². The molecule has 0 spiro atoms. The fourth-order valence-corrected chi connectivity index (χ4v) is 6.95. The molecule has 1 atom stereocenters. The molecule has 2 aliphatic rings. The van der Waals surface area contributed by atoms with Gasteiger partial charge in [-0.3, -0.25) is 14.5 Å². The lowest BCUT2D eigenvalue weighted by Gasteiger charge is -2.42. The maximum Gasteiger partial charge on any atom is 0.234 e. The molecule has 0 saturated heterocycles. The van der Waals surface area contributed by atoms with E-state index in [1.165, 1.54) is 47.4 Å². The fourth-order valence-electron chi connectivity index (χ4n) is 4.96. The summed E-state index contributed by atoms with van der Waals surface area (Å²) in [7, 11) is 0. The molecule has 8 nitrogen and oxygen atoms in total. The Hall–Kier alpha value is -3.43. The first-order valence-electron chi connectivity index (χ1n) is 12.4. The van der Waals surface area contributed by atoms with Gasteiger partial charge in [0.2, 0.25) is 11.0 Å². The summed E-state index contributed by atoms with van der Waals surface area (Å²) in [5, 5.41) is 22.5. The Bertz CT molecular complexity index is 1660. The van der Waals surface area contributed by atoms with E-state index in [0.29, 0.717) is 54.9 Å². The minimum atomic E-state index is -0.707. The van der Waals surface area contributed by atoms with Crippen LogP contribution in [0.5, 0.6) is 0 Å². The summed E-state index contributed by atoms with van der Waals surface area (Å²) < 4.78 is 13.6. The predicted octanol–water partition coefficient (Wildman–Crippen LogP) is 6.66. The summed E-state index contributed by atoms with van der Waals surface area (Å²) in [6.07, 6.45) is 0.809. The van der Waals surface area contributed by atoms with Crippen molar-refractivity contribution in [1.82, 2.24) is 10.2 Å². The zero-order valence-corrected chi connectivity index (χ0v) is 25.0. The molecule has 3 aromatic rings. The topological polar surface area (TPSA) is 125 Å². The van der Waals surface area contributed by atoms with Crippen LogP contribution in [0.4, 0.5) is 15.2 Å². The van der Waals surface area contributed by atoms with Gasteiger partial charge in [0.25, 0.3) is 0 Å². The number of ketones is 1. The molecule has 5 rings (SSSR count). The van der Waals surface area contributed by atoms with Crippen LogP contribution in [-0.4, -0.2) is 27.6 Å². The van der Waals surface area contributed by atoms with Gasteiger partial charge in [-0.25, -0.2) is 4.39 Å². The van der Waals surface area contributed by atoms with Gasteiger partial charge < -0.3 is 11.1 Å². The average molecular weight is 630 g/mol. The van der Waals surface area contributed by atoms with Gasteiger partial charge in [0, 0.05) is 23.4 Å². The third-order valence-corrected chi connectivity index (χ3v) is 9.48. The molecule has 1 amide bonds. The van der Waals surface area contributed by atoms with E-state index in [1.807, 2.05) is 13.8 Å². The van der Waals surface area contributed by atoms with Crippen LogP contribution in [-0.2, 0) is 9.59 Å². The number of thioether (sulfide) groups is 1. The number of hydrogen-bond acceptors (Lipinski definition) is 9. The van der Waals surface area contributed by atoms with Crippen LogP contribution in [0.2, 0.25) is 10.0 Å². The van der Waals surface area contributed by atoms with Crippen LogP contribution in [0.1, 0.15) is 38.2 Å². The van der Waals surface area contributed by atoms with Crippen molar-refractivity contribution in [2.24, 2.45) is 11.1 Å². The number of amides is 1. The van der Waals surface area contributed by atoms with Crippen LogP contribution < -0.4 is 16.0 Å². The van der Waals surface area contributed by atoms with Gasteiger partial charge in [0.15, 0.2) is 10.1 Å². The number of nitriles is 1. The maximum atomic E-state index is 13.7. The predicted molar refractivity (Wildman–Crippen MR) is 159 cm³/mol. The lowest BCUT2D eigenvalue weighted by Crippen LogP contribution is -2.42. The largest absolute Gasteiger partial charge is 0.384 e. The minimum absolute atomic E-state index is 0.0413. The van der Waals surface area contributed by atoms with Crippen molar-refractivity contribution in [3.8, 4) is 6.07 Å². The minimum Gasteiger partial charge on any atom is -0.384 e. The molecule has 13 heteroatoms. The van der Waals surface area contributed by atoms with Gasteiger partial charge in [-0.1, -0.05) is 66.2 Å². The van der Waals surface area contributed by atoms with E-state index in [4.69, 9.17) is 28.9 Å². The molecule has 1 unspecified atom stereocenters. The van der Waals surface area contributed by atoms with Crippen LogP contribution in [0.25, 0.3) is 0 Å². The number of benzene rings is 2. The second-order valence-electron chi connectivity index (χ2n) is 10.3. The Balaban J connectivity index is 1.47. The zero-order chi connectivity index (χ0) is 29.5. The zero-order valence-electron chi connectivity index (χ0n) is 21.9. The molecule has 1 aromatic heterocycles. The van der Waals surface area contributed by atoms with E-state index in [9.17, 15) is 19.2 Å². The number of carbonyl (C=O) groups is 2. The van der Waals surface area contributed by atoms with Crippen LogP contribution in [0, 0.1) is 22.6 Å². The van der Waals surface area contributed by atoms with Gasteiger partial charge in [-0.15, -0.1) is 10.2 Å².